The molecule has 0 fully saturated rings. The van der Waals surface area contributed by atoms with Crippen LogP contribution in [0.1, 0.15) is 17.7 Å². The molecule has 1 aromatic carbocycles. The van der Waals surface area contributed by atoms with Crippen molar-refractivity contribution in [3.05, 3.63) is 59.2 Å². The van der Waals surface area contributed by atoms with E-state index in [4.69, 9.17) is 9.47 Å². The molecule has 0 saturated carbocycles. The number of hydrogen-bond acceptors (Lipinski definition) is 6. The van der Waals surface area contributed by atoms with Crippen LogP contribution in [0.5, 0.6) is 11.5 Å². The minimum Gasteiger partial charge on any atom is -0.454 e. The Bertz CT molecular complexity index is 927. The minimum atomic E-state index is 0.0307. The first-order chi connectivity index (χ1) is 13.3. The average molecular weight is 381 g/mol. The van der Waals surface area contributed by atoms with E-state index in [0.29, 0.717) is 19.4 Å². The predicted octanol–water partition coefficient (Wildman–Crippen LogP) is 3.23. The van der Waals surface area contributed by atoms with Crippen molar-refractivity contribution in [3.63, 3.8) is 0 Å². The number of aromatic nitrogens is 2. The number of nitrogens with one attached hydrogen (secondary N) is 1. The van der Waals surface area contributed by atoms with Crippen LogP contribution < -0.4 is 14.8 Å². The second-order valence-electron chi connectivity index (χ2n) is 6.15. The number of amides is 1. The predicted molar refractivity (Wildman–Crippen MR) is 103 cm³/mol. The van der Waals surface area contributed by atoms with Crippen molar-refractivity contribution in [2.75, 3.05) is 13.3 Å². The normalized spacial score (nSPS) is 12.1. The first-order valence-corrected chi connectivity index (χ1v) is 9.67. The number of nitrogens with zero attached hydrogens (tertiary/aromatic N) is 2. The van der Waals surface area contributed by atoms with Crippen LogP contribution in [0.15, 0.2) is 48.0 Å². The van der Waals surface area contributed by atoms with Crippen LogP contribution in [0.2, 0.25) is 0 Å². The topological polar surface area (TPSA) is 73.3 Å². The molecular weight excluding hydrogens is 362 g/mol. The zero-order valence-electron chi connectivity index (χ0n) is 14.7. The smallest absolute Gasteiger partial charge is 0.231 e. The Morgan fingerprint density at radius 1 is 1.15 bits per heavy atom. The SMILES string of the molecule is O=C(CCc1csc(-c2ccccn2)n1)NCCc1ccc2c(c1)OCO2. The number of pyridine rings is 1. The summed E-state index contributed by atoms with van der Waals surface area (Å²) in [6.07, 6.45) is 3.55. The molecule has 0 unspecified atom stereocenters. The molecule has 1 amide bonds. The van der Waals surface area contributed by atoms with E-state index in [1.165, 1.54) is 0 Å². The Balaban J connectivity index is 1.22. The maximum absolute atomic E-state index is 12.1. The van der Waals surface area contributed by atoms with Crippen LogP contribution in [0, 0.1) is 0 Å². The Morgan fingerprint density at radius 3 is 2.96 bits per heavy atom. The molecule has 0 bridgehead atoms. The molecule has 7 heteroatoms. The van der Waals surface area contributed by atoms with Crippen molar-refractivity contribution in [2.45, 2.75) is 19.3 Å². The summed E-state index contributed by atoms with van der Waals surface area (Å²) in [4.78, 5) is 20.9. The Morgan fingerprint density at radius 2 is 2.07 bits per heavy atom. The van der Waals surface area contributed by atoms with Gasteiger partial charge in [0.2, 0.25) is 12.7 Å². The van der Waals surface area contributed by atoms with E-state index < -0.39 is 0 Å². The number of carbonyl (C=O) groups is 1. The molecule has 0 saturated heterocycles. The summed E-state index contributed by atoms with van der Waals surface area (Å²) in [5, 5.41) is 5.83. The van der Waals surface area contributed by atoms with E-state index in [-0.39, 0.29) is 12.7 Å². The third kappa shape index (κ3) is 4.43. The number of benzene rings is 1. The zero-order chi connectivity index (χ0) is 18.5. The summed E-state index contributed by atoms with van der Waals surface area (Å²) in [5.74, 6) is 1.57. The van der Waals surface area contributed by atoms with Crippen molar-refractivity contribution < 1.29 is 14.3 Å². The van der Waals surface area contributed by atoms with E-state index in [1.807, 2.05) is 41.8 Å². The molecule has 3 aromatic rings. The zero-order valence-corrected chi connectivity index (χ0v) is 15.5. The van der Waals surface area contributed by atoms with E-state index in [2.05, 4.69) is 15.3 Å². The molecule has 0 radical (unpaired) electrons. The molecule has 1 aliphatic rings. The van der Waals surface area contributed by atoms with Crippen molar-refractivity contribution in [3.8, 4) is 22.2 Å². The molecule has 2 aromatic heterocycles. The molecular formula is C20H19N3O3S. The fraction of sp³-hybridized carbons (Fsp3) is 0.250. The van der Waals surface area contributed by atoms with Gasteiger partial charge in [-0.05, 0) is 42.7 Å². The Hall–Kier alpha value is -2.93. The van der Waals surface area contributed by atoms with Gasteiger partial charge in [0.15, 0.2) is 11.5 Å². The number of ether oxygens (including phenoxy) is 2. The fourth-order valence-corrected chi connectivity index (χ4v) is 3.63. The summed E-state index contributed by atoms with van der Waals surface area (Å²) in [6, 6.07) is 11.6. The van der Waals surface area contributed by atoms with Gasteiger partial charge in [-0.2, -0.15) is 0 Å². The van der Waals surface area contributed by atoms with Crippen LogP contribution >= 0.6 is 11.3 Å². The van der Waals surface area contributed by atoms with E-state index in [1.54, 1.807) is 17.5 Å². The average Bonchev–Trinajstić information content (AvgIpc) is 3.36. The molecule has 1 N–H and O–H groups in total. The molecule has 4 rings (SSSR count). The van der Waals surface area contributed by atoms with Crippen LogP contribution in [0.4, 0.5) is 0 Å². The van der Waals surface area contributed by atoms with Crippen molar-refractivity contribution in [1.82, 2.24) is 15.3 Å². The molecule has 6 nitrogen and oxygen atoms in total. The van der Waals surface area contributed by atoms with Crippen molar-refractivity contribution >= 4 is 17.2 Å². The summed E-state index contributed by atoms with van der Waals surface area (Å²) in [7, 11) is 0. The summed E-state index contributed by atoms with van der Waals surface area (Å²) in [6.45, 7) is 0.864. The lowest BCUT2D eigenvalue weighted by Crippen LogP contribution is -2.25. The quantitative estimate of drug-likeness (QED) is 0.680. The third-order valence-electron chi connectivity index (χ3n) is 4.22. The monoisotopic (exact) mass is 381 g/mol. The highest BCUT2D eigenvalue weighted by molar-refractivity contribution is 7.13. The highest BCUT2D eigenvalue weighted by Gasteiger charge is 2.13. The van der Waals surface area contributed by atoms with Gasteiger partial charge in [0.05, 0.1) is 11.4 Å². The summed E-state index contributed by atoms with van der Waals surface area (Å²) < 4.78 is 10.7. The fourth-order valence-electron chi connectivity index (χ4n) is 2.80. The minimum absolute atomic E-state index is 0.0307. The largest absolute Gasteiger partial charge is 0.454 e. The first kappa shape index (κ1) is 17.5. The molecule has 0 spiro atoms. The highest BCUT2D eigenvalue weighted by atomic mass is 32.1. The van der Waals surface area contributed by atoms with Gasteiger partial charge in [-0.25, -0.2) is 4.98 Å². The molecule has 0 atom stereocenters. The van der Waals surface area contributed by atoms with Crippen LogP contribution in [0.25, 0.3) is 10.7 Å². The maximum atomic E-state index is 12.1. The number of thiazole rings is 1. The number of rotatable bonds is 7. The number of aryl methyl sites for hydroxylation is 1. The van der Waals surface area contributed by atoms with Gasteiger partial charge in [0, 0.05) is 24.5 Å². The lowest BCUT2D eigenvalue weighted by molar-refractivity contribution is -0.121. The summed E-state index contributed by atoms with van der Waals surface area (Å²) in [5.41, 5.74) is 2.90. The highest BCUT2D eigenvalue weighted by Crippen LogP contribution is 2.32. The van der Waals surface area contributed by atoms with Gasteiger partial charge in [0.1, 0.15) is 5.01 Å². The molecule has 3 heterocycles. The van der Waals surface area contributed by atoms with Gasteiger partial charge in [-0.1, -0.05) is 12.1 Å². The molecule has 27 heavy (non-hydrogen) atoms. The van der Waals surface area contributed by atoms with Gasteiger partial charge in [-0.3, -0.25) is 9.78 Å². The van der Waals surface area contributed by atoms with E-state index >= 15 is 0 Å². The van der Waals surface area contributed by atoms with Crippen LogP contribution in [0.3, 0.4) is 0 Å². The number of carbonyl (C=O) groups excluding carboxylic acids is 1. The number of fused-ring (bicyclic) bond motifs is 1. The van der Waals surface area contributed by atoms with Gasteiger partial charge in [-0.15, -0.1) is 11.3 Å². The van der Waals surface area contributed by atoms with E-state index in [9.17, 15) is 4.79 Å². The molecule has 138 valence electrons. The standard InChI is InChI=1S/C20H19N3O3S/c24-19(22-10-8-14-4-6-17-18(11-14)26-13-25-17)7-5-15-12-27-20(23-15)16-3-1-2-9-21-16/h1-4,6,9,11-12H,5,7-8,10,13H2,(H,22,24). The Labute approximate surface area is 161 Å². The third-order valence-corrected chi connectivity index (χ3v) is 5.13. The first-order valence-electron chi connectivity index (χ1n) is 8.79. The van der Waals surface area contributed by atoms with Crippen LogP contribution in [-0.4, -0.2) is 29.2 Å². The second kappa shape index (κ2) is 8.18. The lowest BCUT2D eigenvalue weighted by atomic mass is 10.1. The van der Waals surface area contributed by atoms with Gasteiger partial charge in [0.25, 0.3) is 0 Å². The maximum Gasteiger partial charge on any atom is 0.231 e. The van der Waals surface area contributed by atoms with Crippen molar-refractivity contribution in [1.29, 1.82) is 0 Å². The molecule has 0 aliphatic carbocycles. The second-order valence-corrected chi connectivity index (χ2v) is 7.00. The number of hydrogen-bond donors (Lipinski definition) is 1. The van der Waals surface area contributed by atoms with Crippen LogP contribution in [-0.2, 0) is 17.6 Å². The van der Waals surface area contributed by atoms with Crippen molar-refractivity contribution in [2.24, 2.45) is 0 Å². The van der Waals surface area contributed by atoms with Gasteiger partial charge < -0.3 is 14.8 Å². The Kier molecular flexibility index (Phi) is 5.29. The lowest BCUT2D eigenvalue weighted by Gasteiger charge is -2.06. The van der Waals surface area contributed by atoms with E-state index in [0.717, 1.165) is 39.9 Å². The molecule has 1 aliphatic heterocycles. The summed E-state index contributed by atoms with van der Waals surface area (Å²) >= 11 is 1.55. The van der Waals surface area contributed by atoms with Gasteiger partial charge >= 0.3 is 0 Å².